The molecule has 0 saturated heterocycles. The minimum Gasteiger partial charge on any atom is -0.399 e. The van der Waals surface area contributed by atoms with Crippen molar-refractivity contribution in [2.75, 3.05) is 30.9 Å². The fourth-order valence-electron chi connectivity index (χ4n) is 1.46. The molecule has 0 fully saturated rings. The average Bonchev–Trinajstić information content (AvgIpc) is 2.35. The van der Waals surface area contributed by atoms with Crippen molar-refractivity contribution in [2.45, 2.75) is 32.8 Å². The van der Waals surface area contributed by atoms with Crippen LogP contribution in [0.1, 0.15) is 27.2 Å². The van der Waals surface area contributed by atoms with Crippen molar-refractivity contribution < 1.29 is 14.3 Å². The summed E-state index contributed by atoms with van der Waals surface area (Å²) in [7, 11) is 0. The second-order valence-corrected chi connectivity index (χ2v) is 5.49. The van der Waals surface area contributed by atoms with E-state index in [0.717, 1.165) is 5.69 Å². The van der Waals surface area contributed by atoms with Crippen molar-refractivity contribution in [1.82, 2.24) is 0 Å². The molecule has 20 heavy (non-hydrogen) atoms. The lowest BCUT2D eigenvalue weighted by Gasteiger charge is -2.19. The number of ether oxygens (including phenoxy) is 2. The minimum absolute atomic E-state index is 0.0773. The Morgan fingerprint density at radius 2 is 1.80 bits per heavy atom. The Bertz CT molecular complexity index is 410. The Labute approximate surface area is 120 Å². The van der Waals surface area contributed by atoms with Crippen molar-refractivity contribution in [2.24, 2.45) is 0 Å². The summed E-state index contributed by atoms with van der Waals surface area (Å²) in [6, 6.07) is 7.03. The smallest absolute Gasteiger partial charge is 0.226 e. The van der Waals surface area contributed by atoms with Crippen molar-refractivity contribution in [1.29, 1.82) is 0 Å². The highest BCUT2D eigenvalue weighted by Gasteiger charge is 2.09. The molecule has 0 aliphatic carbocycles. The van der Waals surface area contributed by atoms with Crippen molar-refractivity contribution in [3.8, 4) is 0 Å². The van der Waals surface area contributed by atoms with Gasteiger partial charge in [0, 0.05) is 11.4 Å². The molecule has 1 amide bonds. The van der Waals surface area contributed by atoms with E-state index in [1.54, 1.807) is 24.3 Å². The van der Waals surface area contributed by atoms with Crippen molar-refractivity contribution >= 4 is 17.3 Å². The quantitative estimate of drug-likeness (QED) is 0.594. The minimum atomic E-state index is -0.157. The van der Waals surface area contributed by atoms with Gasteiger partial charge in [-0.05, 0) is 45.0 Å². The number of nitrogen functional groups attached to an aromatic ring is 1. The highest BCUT2D eigenvalue weighted by atomic mass is 16.5. The summed E-state index contributed by atoms with van der Waals surface area (Å²) in [5.41, 5.74) is 6.82. The number of nitrogens with two attached hydrogens (primary N) is 1. The van der Waals surface area contributed by atoms with Crippen LogP contribution in [0.3, 0.4) is 0 Å². The predicted octanol–water partition coefficient (Wildman–Crippen LogP) is 2.43. The van der Waals surface area contributed by atoms with E-state index in [-0.39, 0.29) is 11.5 Å². The molecule has 3 N–H and O–H groups in total. The van der Waals surface area contributed by atoms with Gasteiger partial charge in [-0.25, -0.2) is 0 Å². The standard InChI is InChI=1S/C15H24N2O3/c1-15(2,3)20-11-10-19-9-8-14(18)17-13-6-4-12(16)5-7-13/h4-7H,8-11,16H2,1-3H3,(H,17,18). The number of amides is 1. The van der Waals surface area contributed by atoms with Gasteiger partial charge < -0.3 is 20.5 Å². The van der Waals surface area contributed by atoms with Gasteiger partial charge >= 0.3 is 0 Å². The Balaban J connectivity index is 2.10. The summed E-state index contributed by atoms with van der Waals surface area (Å²) in [4.78, 5) is 11.6. The monoisotopic (exact) mass is 280 g/mol. The van der Waals surface area contributed by atoms with E-state index in [9.17, 15) is 4.79 Å². The number of carbonyl (C=O) groups excluding carboxylic acids is 1. The molecule has 1 aromatic rings. The summed E-state index contributed by atoms with van der Waals surface area (Å²) >= 11 is 0. The van der Waals surface area contributed by atoms with E-state index in [1.165, 1.54) is 0 Å². The lowest BCUT2D eigenvalue weighted by molar-refractivity contribution is -0.117. The fourth-order valence-corrected chi connectivity index (χ4v) is 1.46. The number of anilines is 2. The molecule has 0 spiro atoms. The third kappa shape index (κ3) is 7.76. The lowest BCUT2D eigenvalue weighted by Crippen LogP contribution is -2.22. The molecular weight excluding hydrogens is 256 g/mol. The van der Waals surface area contributed by atoms with Gasteiger partial charge in [0.2, 0.25) is 5.91 Å². The van der Waals surface area contributed by atoms with E-state index in [0.29, 0.717) is 31.9 Å². The predicted molar refractivity (Wildman–Crippen MR) is 80.6 cm³/mol. The number of nitrogens with one attached hydrogen (secondary N) is 1. The summed E-state index contributed by atoms with van der Waals surface area (Å²) in [5.74, 6) is -0.0773. The lowest BCUT2D eigenvalue weighted by atomic mass is 10.2. The Hall–Kier alpha value is -1.59. The van der Waals surface area contributed by atoms with Crippen LogP contribution in [0.5, 0.6) is 0 Å². The second-order valence-electron chi connectivity index (χ2n) is 5.49. The third-order valence-electron chi connectivity index (χ3n) is 2.43. The molecule has 1 rings (SSSR count). The average molecular weight is 280 g/mol. The second kappa shape index (κ2) is 7.87. The maximum absolute atomic E-state index is 11.6. The molecule has 0 aromatic heterocycles. The molecule has 0 saturated carbocycles. The van der Waals surface area contributed by atoms with Crippen LogP contribution in [0.2, 0.25) is 0 Å². The Kier molecular flexibility index (Phi) is 6.48. The Morgan fingerprint density at radius 1 is 1.15 bits per heavy atom. The highest BCUT2D eigenvalue weighted by molar-refractivity contribution is 5.90. The molecular formula is C15H24N2O3. The van der Waals surface area contributed by atoms with Gasteiger partial charge in [0.05, 0.1) is 31.8 Å². The molecule has 0 heterocycles. The molecule has 112 valence electrons. The normalized spacial score (nSPS) is 11.3. The van der Waals surface area contributed by atoms with Gasteiger partial charge in [-0.2, -0.15) is 0 Å². The maximum Gasteiger partial charge on any atom is 0.226 e. The van der Waals surface area contributed by atoms with E-state index in [2.05, 4.69) is 5.32 Å². The zero-order chi connectivity index (χ0) is 15.0. The zero-order valence-electron chi connectivity index (χ0n) is 12.4. The van der Waals surface area contributed by atoms with Gasteiger partial charge in [0.15, 0.2) is 0 Å². The van der Waals surface area contributed by atoms with Crippen molar-refractivity contribution in [3.63, 3.8) is 0 Å². The van der Waals surface area contributed by atoms with E-state index < -0.39 is 0 Å². The molecule has 0 radical (unpaired) electrons. The summed E-state index contributed by atoms with van der Waals surface area (Å²) < 4.78 is 10.9. The highest BCUT2D eigenvalue weighted by Crippen LogP contribution is 2.10. The number of hydrogen-bond donors (Lipinski definition) is 2. The molecule has 0 unspecified atom stereocenters. The summed E-state index contributed by atoms with van der Waals surface area (Å²) in [6.07, 6.45) is 0.319. The number of benzene rings is 1. The first-order valence-corrected chi connectivity index (χ1v) is 6.74. The van der Waals surface area contributed by atoms with Gasteiger partial charge in [0.25, 0.3) is 0 Å². The van der Waals surface area contributed by atoms with Gasteiger partial charge in [-0.1, -0.05) is 0 Å². The van der Waals surface area contributed by atoms with E-state index >= 15 is 0 Å². The molecule has 0 aliphatic heterocycles. The van der Waals surface area contributed by atoms with Crippen molar-refractivity contribution in [3.05, 3.63) is 24.3 Å². The molecule has 0 bridgehead atoms. The summed E-state index contributed by atoms with van der Waals surface area (Å²) in [6.45, 7) is 7.39. The van der Waals surface area contributed by atoms with Gasteiger partial charge in [0.1, 0.15) is 0 Å². The first-order chi connectivity index (χ1) is 9.37. The van der Waals surface area contributed by atoms with Crippen LogP contribution in [-0.4, -0.2) is 31.3 Å². The largest absolute Gasteiger partial charge is 0.399 e. The SMILES string of the molecule is CC(C)(C)OCCOCCC(=O)Nc1ccc(N)cc1. The van der Waals surface area contributed by atoms with Gasteiger partial charge in [-0.3, -0.25) is 4.79 Å². The van der Waals surface area contributed by atoms with Gasteiger partial charge in [-0.15, -0.1) is 0 Å². The van der Waals surface area contributed by atoms with Crippen LogP contribution < -0.4 is 11.1 Å². The van der Waals surface area contributed by atoms with E-state index in [4.69, 9.17) is 15.2 Å². The molecule has 5 nitrogen and oxygen atoms in total. The molecule has 0 atom stereocenters. The van der Waals surface area contributed by atoms with Crippen LogP contribution in [0, 0.1) is 0 Å². The molecule has 0 aliphatic rings. The first kappa shape index (κ1) is 16.5. The number of carbonyl (C=O) groups is 1. The number of hydrogen-bond acceptors (Lipinski definition) is 4. The molecule has 5 heteroatoms. The zero-order valence-corrected chi connectivity index (χ0v) is 12.4. The van der Waals surface area contributed by atoms with Crippen LogP contribution in [0.4, 0.5) is 11.4 Å². The van der Waals surface area contributed by atoms with Crippen LogP contribution >= 0.6 is 0 Å². The third-order valence-corrected chi connectivity index (χ3v) is 2.43. The topological polar surface area (TPSA) is 73.6 Å². The first-order valence-electron chi connectivity index (χ1n) is 6.74. The van der Waals surface area contributed by atoms with E-state index in [1.807, 2.05) is 20.8 Å². The fraction of sp³-hybridized carbons (Fsp3) is 0.533. The van der Waals surface area contributed by atoms with Crippen LogP contribution in [0.15, 0.2) is 24.3 Å². The van der Waals surface area contributed by atoms with Crippen LogP contribution in [-0.2, 0) is 14.3 Å². The Morgan fingerprint density at radius 3 is 2.40 bits per heavy atom. The van der Waals surface area contributed by atoms with Crippen LogP contribution in [0.25, 0.3) is 0 Å². The maximum atomic E-state index is 11.6. The molecule has 1 aromatic carbocycles. The number of rotatable bonds is 7. The summed E-state index contributed by atoms with van der Waals surface area (Å²) in [5, 5.41) is 2.78.